The van der Waals surface area contributed by atoms with E-state index < -0.39 is 0 Å². The Balaban J connectivity index is 1.93. The van der Waals surface area contributed by atoms with Gasteiger partial charge in [-0.15, -0.1) is 0 Å². The van der Waals surface area contributed by atoms with Crippen molar-refractivity contribution in [2.75, 3.05) is 0 Å². The van der Waals surface area contributed by atoms with Crippen LogP contribution in [0.25, 0.3) is 10.8 Å². The van der Waals surface area contributed by atoms with Crippen LogP contribution in [0.4, 0.5) is 0 Å². The fraction of sp³-hybridized carbons (Fsp3) is 0.238. The molecule has 0 bridgehead atoms. The fourth-order valence-corrected chi connectivity index (χ4v) is 3.02. The zero-order valence-corrected chi connectivity index (χ0v) is 14.7. The third-order valence-electron chi connectivity index (χ3n) is 4.40. The van der Waals surface area contributed by atoms with Crippen LogP contribution in [-0.2, 0) is 0 Å². The van der Waals surface area contributed by atoms with Crippen LogP contribution in [0.1, 0.15) is 41.5 Å². The van der Waals surface area contributed by atoms with Gasteiger partial charge in [-0.2, -0.15) is 0 Å². The summed E-state index contributed by atoms with van der Waals surface area (Å²) < 4.78 is 0. The summed E-state index contributed by atoms with van der Waals surface area (Å²) in [6.45, 7) is 6.10. The Morgan fingerprint density at radius 2 is 1.88 bits per heavy atom. The van der Waals surface area contributed by atoms with Gasteiger partial charge in [0.15, 0.2) is 0 Å². The molecule has 128 valence electrons. The summed E-state index contributed by atoms with van der Waals surface area (Å²) >= 11 is 0. The number of hydrogen-bond donors (Lipinski definition) is 2. The van der Waals surface area contributed by atoms with Crippen LogP contribution >= 0.6 is 0 Å². The standard InChI is InChI=1S/C21H22N2O2/c1-13(2)19(20-14(3)7-6-10-22-20)23-21(25)16-11-15-8-4-5-9-17(15)18(24)12-16/h4-13,19,24H,1-3H3,(H,23,25). The molecule has 4 nitrogen and oxygen atoms in total. The number of carbonyl (C=O) groups is 1. The summed E-state index contributed by atoms with van der Waals surface area (Å²) in [5, 5.41) is 14.9. The van der Waals surface area contributed by atoms with Crippen molar-refractivity contribution in [3.05, 3.63) is 71.5 Å². The van der Waals surface area contributed by atoms with Crippen molar-refractivity contribution < 1.29 is 9.90 Å². The lowest BCUT2D eigenvalue weighted by Gasteiger charge is -2.23. The number of phenols is 1. The van der Waals surface area contributed by atoms with Crippen LogP contribution < -0.4 is 5.32 Å². The van der Waals surface area contributed by atoms with Crippen LogP contribution in [0.3, 0.4) is 0 Å². The number of aromatic hydroxyl groups is 1. The van der Waals surface area contributed by atoms with Crippen molar-refractivity contribution in [3.63, 3.8) is 0 Å². The van der Waals surface area contributed by atoms with Gasteiger partial charge >= 0.3 is 0 Å². The number of fused-ring (bicyclic) bond motifs is 1. The summed E-state index contributed by atoms with van der Waals surface area (Å²) in [6.07, 6.45) is 1.74. The topological polar surface area (TPSA) is 62.2 Å². The summed E-state index contributed by atoms with van der Waals surface area (Å²) in [4.78, 5) is 17.2. The maximum absolute atomic E-state index is 12.8. The maximum Gasteiger partial charge on any atom is 0.251 e. The minimum atomic E-state index is -0.218. The molecular weight excluding hydrogens is 312 g/mol. The van der Waals surface area contributed by atoms with Crippen molar-refractivity contribution in [3.8, 4) is 5.75 Å². The molecule has 0 aliphatic heterocycles. The number of amides is 1. The zero-order chi connectivity index (χ0) is 18.0. The average molecular weight is 334 g/mol. The molecule has 2 N–H and O–H groups in total. The normalized spacial score (nSPS) is 12.3. The molecule has 1 aromatic heterocycles. The lowest BCUT2D eigenvalue weighted by atomic mass is 9.96. The highest BCUT2D eigenvalue weighted by Crippen LogP contribution is 2.28. The second-order valence-corrected chi connectivity index (χ2v) is 6.62. The largest absolute Gasteiger partial charge is 0.507 e. The second kappa shape index (κ2) is 6.93. The molecule has 3 rings (SSSR count). The zero-order valence-electron chi connectivity index (χ0n) is 14.7. The number of phenolic OH excluding ortho intramolecular Hbond substituents is 1. The van der Waals surface area contributed by atoms with Gasteiger partial charge in [-0.1, -0.05) is 44.2 Å². The number of nitrogens with one attached hydrogen (secondary N) is 1. The molecule has 3 aromatic rings. The van der Waals surface area contributed by atoms with Gasteiger partial charge in [0.05, 0.1) is 11.7 Å². The lowest BCUT2D eigenvalue weighted by Crippen LogP contribution is -2.32. The summed E-state index contributed by atoms with van der Waals surface area (Å²) in [5.74, 6) is 0.0785. The van der Waals surface area contributed by atoms with E-state index in [0.29, 0.717) is 5.56 Å². The highest BCUT2D eigenvalue weighted by Gasteiger charge is 2.22. The summed E-state index contributed by atoms with van der Waals surface area (Å²) in [7, 11) is 0. The average Bonchev–Trinajstić information content (AvgIpc) is 2.60. The Hall–Kier alpha value is -2.88. The summed E-state index contributed by atoms with van der Waals surface area (Å²) in [6, 6.07) is 14.5. The van der Waals surface area contributed by atoms with Gasteiger partial charge in [0, 0.05) is 17.1 Å². The molecule has 0 saturated carbocycles. The molecule has 0 radical (unpaired) electrons. The van der Waals surface area contributed by atoms with Crippen molar-refractivity contribution >= 4 is 16.7 Å². The highest BCUT2D eigenvalue weighted by atomic mass is 16.3. The molecule has 2 aromatic carbocycles. The molecule has 0 aliphatic rings. The van der Waals surface area contributed by atoms with E-state index in [0.717, 1.165) is 22.0 Å². The van der Waals surface area contributed by atoms with Gasteiger partial charge < -0.3 is 10.4 Å². The van der Waals surface area contributed by atoms with E-state index >= 15 is 0 Å². The summed E-state index contributed by atoms with van der Waals surface area (Å²) in [5.41, 5.74) is 2.36. The van der Waals surface area contributed by atoms with E-state index in [1.165, 1.54) is 6.07 Å². The fourth-order valence-electron chi connectivity index (χ4n) is 3.02. The molecule has 0 spiro atoms. The first-order valence-electron chi connectivity index (χ1n) is 8.41. The van der Waals surface area contributed by atoms with Crippen molar-refractivity contribution in [2.24, 2.45) is 5.92 Å². The molecule has 1 atom stereocenters. The van der Waals surface area contributed by atoms with Gasteiger partial charge in [0.1, 0.15) is 5.75 Å². The van der Waals surface area contributed by atoms with E-state index in [1.54, 1.807) is 12.3 Å². The number of hydrogen-bond acceptors (Lipinski definition) is 3. The maximum atomic E-state index is 12.8. The number of pyridine rings is 1. The van der Waals surface area contributed by atoms with Crippen LogP contribution in [0.5, 0.6) is 5.75 Å². The first-order valence-corrected chi connectivity index (χ1v) is 8.41. The first kappa shape index (κ1) is 17.0. The lowest BCUT2D eigenvalue weighted by molar-refractivity contribution is 0.0924. The first-order chi connectivity index (χ1) is 12.0. The number of nitrogens with zero attached hydrogens (tertiary/aromatic N) is 1. The van der Waals surface area contributed by atoms with Crippen molar-refractivity contribution in [1.29, 1.82) is 0 Å². The molecule has 25 heavy (non-hydrogen) atoms. The van der Waals surface area contributed by atoms with Gasteiger partial charge in [-0.25, -0.2) is 0 Å². The third-order valence-corrected chi connectivity index (χ3v) is 4.40. The predicted molar refractivity (Wildman–Crippen MR) is 99.6 cm³/mol. The number of benzene rings is 2. The molecule has 4 heteroatoms. The third kappa shape index (κ3) is 3.48. The Bertz CT molecular complexity index is 919. The smallest absolute Gasteiger partial charge is 0.251 e. The Morgan fingerprint density at radius 1 is 1.12 bits per heavy atom. The molecular formula is C21H22N2O2. The number of aromatic nitrogens is 1. The van der Waals surface area contributed by atoms with E-state index in [9.17, 15) is 9.90 Å². The Kier molecular flexibility index (Phi) is 4.70. The van der Waals surface area contributed by atoms with Gasteiger partial charge in [0.25, 0.3) is 5.91 Å². The van der Waals surface area contributed by atoms with Crippen molar-refractivity contribution in [2.45, 2.75) is 26.8 Å². The molecule has 1 amide bonds. The van der Waals surface area contributed by atoms with Gasteiger partial charge in [0.2, 0.25) is 0 Å². The Morgan fingerprint density at radius 3 is 2.60 bits per heavy atom. The molecule has 0 saturated heterocycles. The van der Waals surface area contributed by atoms with Gasteiger partial charge in [-0.05, 0) is 42.0 Å². The van der Waals surface area contributed by atoms with E-state index in [1.807, 2.05) is 43.3 Å². The predicted octanol–water partition coefficient (Wildman–Crippen LogP) is 4.38. The molecule has 1 unspecified atom stereocenters. The van der Waals surface area contributed by atoms with Gasteiger partial charge in [-0.3, -0.25) is 9.78 Å². The Labute approximate surface area is 147 Å². The van der Waals surface area contributed by atoms with Crippen LogP contribution in [0.2, 0.25) is 0 Å². The minimum absolute atomic E-state index is 0.110. The molecule has 0 aliphatic carbocycles. The molecule has 1 heterocycles. The van der Waals surface area contributed by atoms with E-state index in [4.69, 9.17) is 0 Å². The monoisotopic (exact) mass is 334 g/mol. The molecule has 0 fully saturated rings. The van der Waals surface area contributed by atoms with Crippen LogP contribution in [0, 0.1) is 12.8 Å². The van der Waals surface area contributed by atoms with E-state index in [2.05, 4.69) is 24.1 Å². The van der Waals surface area contributed by atoms with Crippen molar-refractivity contribution in [1.82, 2.24) is 10.3 Å². The second-order valence-electron chi connectivity index (χ2n) is 6.62. The van der Waals surface area contributed by atoms with Crippen LogP contribution in [0.15, 0.2) is 54.7 Å². The highest BCUT2D eigenvalue weighted by molar-refractivity contribution is 6.00. The van der Waals surface area contributed by atoms with Crippen LogP contribution in [-0.4, -0.2) is 16.0 Å². The van der Waals surface area contributed by atoms with E-state index in [-0.39, 0.29) is 23.6 Å². The SMILES string of the molecule is Cc1cccnc1C(NC(=O)c1cc(O)c2ccccc2c1)C(C)C. The quantitative estimate of drug-likeness (QED) is 0.744. The number of aryl methyl sites for hydroxylation is 1. The minimum Gasteiger partial charge on any atom is -0.507 e. The number of carbonyl (C=O) groups excluding carboxylic acids is 1. The number of rotatable bonds is 4.